The van der Waals surface area contributed by atoms with Gasteiger partial charge >= 0.3 is 0 Å². The number of rotatable bonds is 6. The van der Waals surface area contributed by atoms with Gasteiger partial charge in [0.2, 0.25) is 0 Å². The van der Waals surface area contributed by atoms with Crippen LogP contribution in [0.15, 0.2) is 24.4 Å². The molecule has 0 radical (unpaired) electrons. The van der Waals surface area contributed by atoms with Gasteiger partial charge in [0, 0.05) is 12.7 Å². The Morgan fingerprint density at radius 3 is 2.91 bits per heavy atom. The number of aromatic nitrogens is 2. The molecule has 2 aromatic rings. The number of nitrogens with zero attached hydrogens (tertiary/aromatic N) is 3. The van der Waals surface area contributed by atoms with Gasteiger partial charge in [0.25, 0.3) is 5.91 Å². The molecule has 3 rings (SSSR count). The third-order valence-electron chi connectivity index (χ3n) is 4.30. The Balaban J connectivity index is 1.49. The van der Waals surface area contributed by atoms with Gasteiger partial charge in [-0.1, -0.05) is 6.07 Å². The largest absolute Gasteiger partial charge is 0.351 e. The molecule has 22 heavy (non-hydrogen) atoms. The lowest BCUT2D eigenvalue weighted by molar-refractivity contribution is 0.0946. The van der Waals surface area contributed by atoms with Gasteiger partial charge in [0.05, 0.1) is 5.69 Å². The maximum absolute atomic E-state index is 12.4. The van der Waals surface area contributed by atoms with E-state index < -0.39 is 0 Å². The summed E-state index contributed by atoms with van der Waals surface area (Å²) in [5.41, 5.74) is 2.25. The summed E-state index contributed by atoms with van der Waals surface area (Å²) in [5, 5.41) is 3.03. The molecule has 0 saturated carbocycles. The summed E-state index contributed by atoms with van der Waals surface area (Å²) >= 11 is 0. The molecule has 1 saturated heterocycles. The molecular weight excluding hydrogens is 276 g/mol. The van der Waals surface area contributed by atoms with Gasteiger partial charge in [-0.2, -0.15) is 0 Å². The van der Waals surface area contributed by atoms with Crippen molar-refractivity contribution >= 4 is 11.6 Å². The van der Waals surface area contributed by atoms with Gasteiger partial charge in [-0.15, -0.1) is 0 Å². The molecule has 0 atom stereocenters. The predicted molar refractivity (Wildman–Crippen MR) is 87.2 cm³/mol. The quantitative estimate of drug-likeness (QED) is 0.833. The highest BCUT2D eigenvalue weighted by atomic mass is 16.1. The second kappa shape index (κ2) is 6.92. The van der Waals surface area contributed by atoms with Crippen molar-refractivity contribution in [2.45, 2.75) is 32.6 Å². The summed E-state index contributed by atoms with van der Waals surface area (Å²) in [6, 6.07) is 5.77. The van der Waals surface area contributed by atoms with Crippen LogP contribution in [0.2, 0.25) is 0 Å². The number of carbonyl (C=O) groups excluding carboxylic acids is 1. The minimum Gasteiger partial charge on any atom is -0.351 e. The van der Waals surface area contributed by atoms with E-state index in [0.29, 0.717) is 5.69 Å². The van der Waals surface area contributed by atoms with Crippen molar-refractivity contribution < 1.29 is 4.79 Å². The Kier molecular flexibility index (Phi) is 4.73. The van der Waals surface area contributed by atoms with E-state index in [9.17, 15) is 4.79 Å². The van der Waals surface area contributed by atoms with E-state index >= 15 is 0 Å². The van der Waals surface area contributed by atoms with Gasteiger partial charge in [0.1, 0.15) is 11.3 Å². The second-order valence-corrected chi connectivity index (χ2v) is 5.99. The number of pyridine rings is 1. The Morgan fingerprint density at radius 1 is 1.27 bits per heavy atom. The lowest BCUT2D eigenvalue weighted by atomic mass is 10.2. The highest BCUT2D eigenvalue weighted by Gasteiger charge is 2.15. The third kappa shape index (κ3) is 3.30. The summed E-state index contributed by atoms with van der Waals surface area (Å²) in [6.07, 6.45) is 6.73. The van der Waals surface area contributed by atoms with Gasteiger partial charge < -0.3 is 10.2 Å². The van der Waals surface area contributed by atoms with E-state index in [1.807, 2.05) is 35.7 Å². The molecule has 0 spiro atoms. The zero-order valence-corrected chi connectivity index (χ0v) is 13.2. The van der Waals surface area contributed by atoms with Crippen molar-refractivity contribution in [3.63, 3.8) is 0 Å². The van der Waals surface area contributed by atoms with Gasteiger partial charge in [-0.25, -0.2) is 4.98 Å². The number of unbranched alkanes of at least 4 members (excludes halogenated alkanes) is 1. The molecule has 1 amide bonds. The number of hydrogen-bond acceptors (Lipinski definition) is 3. The summed E-state index contributed by atoms with van der Waals surface area (Å²) in [7, 11) is 0. The summed E-state index contributed by atoms with van der Waals surface area (Å²) in [6.45, 7) is 6.26. The molecule has 5 nitrogen and oxygen atoms in total. The van der Waals surface area contributed by atoms with E-state index in [1.165, 1.54) is 25.9 Å². The fourth-order valence-electron chi connectivity index (χ4n) is 3.14. The first-order chi connectivity index (χ1) is 10.8. The van der Waals surface area contributed by atoms with Crippen molar-refractivity contribution in [1.82, 2.24) is 19.6 Å². The van der Waals surface area contributed by atoms with Gasteiger partial charge in [0.15, 0.2) is 0 Å². The average Bonchev–Trinajstić information content (AvgIpc) is 3.13. The van der Waals surface area contributed by atoms with Crippen LogP contribution in [-0.2, 0) is 0 Å². The normalized spacial score (nSPS) is 15.5. The van der Waals surface area contributed by atoms with Gasteiger partial charge in [-0.05, 0) is 64.4 Å². The van der Waals surface area contributed by atoms with Crippen LogP contribution in [0, 0.1) is 6.92 Å². The molecule has 118 valence electrons. The van der Waals surface area contributed by atoms with E-state index in [4.69, 9.17) is 0 Å². The fraction of sp³-hybridized carbons (Fsp3) is 0.529. The maximum Gasteiger partial charge on any atom is 0.270 e. The Morgan fingerprint density at radius 2 is 2.09 bits per heavy atom. The minimum atomic E-state index is -0.0302. The van der Waals surface area contributed by atoms with Crippen molar-refractivity contribution in [2.24, 2.45) is 0 Å². The number of carbonyl (C=O) groups is 1. The molecule has 0 aromatic carbocycles. The standard InChI is InChI=1S/C17H24N4O/c1-14-16(21-13-4-2-8-15(21)19-14)17(22)18-9-3-5-10-20-11-6-7-12-20/h2,4,8,13H,3,5-7,9-12H2,1H3,(H,18,22). The van der Waals surface area contributed by atoms with Crippen LogP contribution in [0.3, 0.4) is 0 Å². The fourth-order valence-corrected chi connectivity index (χ4v) is 3.14. The highest BCUT2D eigenvalue weighted by molar-refractivity contribution is 5.94. The molecule has 1 aliphatic heterocycles. The molecule has 0 bridgehead atoms. The molecule has 3 heterocycles. The number of amides is 1. The minimum absolute atomic E-state index is 0.0302. The number of likely N-dealkylation sites (tertiary alicyclic amines) is 1. The first-order valence-electron chi connectivity index (χ1n) is 8.20. The molecule has 5 heteroatoms. The number of nitrogens with one attached hydrogen (secondary N) is 1. The summed E-state index contributed by atoms with van der Waals surface area (Å²) in [5.74, 6) is -0.0302. The molecule has 1 aliphatic rings. The van der Waals surface area contributed by atoms with Crippen LogP contribution in [0.4, 0.5) is 0 Å². The number of aryl methyl sites for hydroxylation is 1. The first-order valence-corrected chi connectivity index (χ1v) is 8.20. The number of hydrogen-bond donors (Lipinski definition) is 1. The smallest absolute Gasteiger partial charge is 0.270 e. The zero-order valence-electron chi connectivity index (χ0n) is 13.2. The van der Waals surface area contributed by atoms with Crippen LogP contribution in [-0.4, -0.2) is 46.4 Å². The monoisotopic (exact) mass is 300 g/mol. The SMILES string of the molecule is Cc1nc2ccccn2c1C(=O)NCCCCN1CCCC1. The lowest BCUT2D eigenvalue weighted by Crippen LogP contribution is -2.27. The van der Waals surface area contributed by atoms with Crippen molar-refractivity contribution in [3.8, 4) is 0 Å². The molecule has 2 aromatic heterocycles. The van der Waals surface area contributed by atoms with Crippen molar-refractivity contribution in [2.75, 3.05) is 26.2 Å². The number of fused-ring (bicyclic) bond motifs is 1. The summed E-state index contributed by atoms with van der Waals surface area (Å²) < 4.78 is 1.86. The molecule has 0 unspecified atom stereocenters. The summed E-state index contributed by atoms with van der Waals surface area (Å²) in [4.78, 5) is 19.3. The zero-order chi connectivity index (χ0) is 15.4. The Labute approximate surface area is 131 Å². The second-order valence-electron chi connectivity index (χ2n) is 5.99. The van der Waals surface area contributed by atoms with Crippen LogP contribution < -0.4 is 5.32 Å². The van der Waals surface area contributed by atoms with E-state index in [1.54, 1.807) is 0 Å². The van der Waals surface area contributed by atoms with Crippen molar-refractivity contribution in [3.05, 3.63) is 35.8 Å². The molecule has 1 fully saturated rings. The van der Waals surface area contributed by atoms with Gasteiger partial charge in [-0.3, -0.25) is 9.20 Å². The van der Waals surface area contributed by atoms with E-state index in [2.05, 4.69) is 15.2 Å². The maximum atomic E-state index is 12.4. The molecule has 1 N–H and O–H groups in total. The Bertz CT molecular complexity index is 643. The predicted octanol–water partition coefficient (Wildman–Crippen LogP) is 2.25. The Hall–Kier alpha value is -1.88. The average molecular weight is 300 g/mol. The topological polar surface area (TPSA) is 49.6 Å². The third-order valence-corrected chi connectivity index (χ3v) is 4.30. The van der Waals surface area contributed by atoms with E-state index in [0.717, 1.165) is 37.3 Å². The van der Waals surface area contributed by atoms with Crippen LogP contribution in [0.25, 0.3) is 5.65 Å². The van der Waals surface area contributed by atoms with Crippen LogP contribution in [0.5, 0.6) is 0 Å². The first kappa shape index (κ1) is 15.0. The lowest BCUT2D eigenvalue weighted by Gasteiger charge is -2.14. The molecular formula is C17H24N4O. The highest BCUT2D eigenvalue weighted by Crippen LogP contribution is 2.11. The van der Waals surface area contributed by atoms with E-state index in [-0.39, 0.29) is 5.91 Å². The van der Waals surface area contributed by atoms with Crippen molar-refractivity contribution in [1.29, 1.82) is 0 Å². The molecule has 0 aliphatic carbocycles. The number of imidazole rings is 1. The van der Waals surface area contributed by atoms with Crippen LogP contribution >= 0.6 is 0 Å². The van der Waals surface area contributed by atoms with Crippen LogP contribution in [0.1, 0.15) is 41.9 Å².